The van der Waals surface area contributed by atoms with Crippen LogP contribution >= 0.6 is 0 Å². The molecule has 0 atom stereocenters. The molecule has 1 heteroatoms. The van der Waals surface area contributed by atoms with Crippen molar-refractivity contribution in [3.05, 3.63) is 65.7 Å². The van der Waals surface area contributed by atoms with Gasteiger partial charge in [-0.05, 0) is 68.0 Å². The van der Waals surface area contributed by atoms with Crippen LogP contribution in [0.4, 0.5) is 11.4 Å². The molecule has 0 aliphatic rings. The Labute approximate surface area is 148 Å². The molecule has 0 spiro atoms. The Hall–Kier alpha value is -2.02. The number of anilines is 2. The summed E-state index contributed by atoms with van der Waals surface area (Å²) in [6, 6.07) is 17.7. The lowest BCUT2D eigenvalue weighted by molar-refractivity contribution is 0.421. The van der Waals surface area contributed by atoms with E-state index in [2.05, 4.69) is 101 Å². The third-order valence-electron chi connectivity index (χ3n) is 4.32. The lowest BCUT2D eigenvalue weighted by Gasteiger charge is -2.24. The van der Waals surface area contributed by atoms with E-state index >= 15 is 0 Å². The van der Waals surface area contributed by atoms with Gasteiger partial charge in [-0.25, -0.2) is 0 Å². The molecule has 0 unspecified atom stereocenters. The number of nitrogens with zero attached hydrogens (tertiary/aromatic N) is 1. The predicted octanol–water partition coefficient (Wildman–Crippen LogP) is 6.99. The Balaban J connectivity index is 2.19. The maximum atomic E-state index is 2.35. The quantitative estimate of drug-likeness (QED) is 0.573. The van der Waals surface area contributed by atoms with Gasteiger partial charge in [0.2, 0.25) is 0 Å². The molecular formula is C23H31N. The minimum atomic E-state index is 0.339. The van der Waals surface area contributed by atoms with E-state index in [1.807, 2.05) is 0 Å². The highest BCUT2D eigenvalue weighted by Gasteiger charge is 2.09. The Morgan fingerprint density at radius 1 is 0.917 bits per heavy atom. The van der Waals surface area contributed by atoms with Crippen LogP contribution in [0.2, 0.25) is 0 Å². The van der Waals surface area contributed by atoms with Gasteiger partial charge in [0.15, 0.2) is 0 Å². The smallest absolute Gasteiger partial charge is 0.0411 e. The van der Waals surface area contributed by atoms with Crippen molar-refractivity contribution in [1.82, 2.24) is 0 Å². The molecule has 2 aromatic carbocycles. The summed E-state index contributed by atoms with van der Waals surface area (Å²) in [6.45, 7) is 14.3. The molecule has 0 bridgehead atoms. The maximum absolute atomic E-state index is 2.35. The fourth-order valence-electron chi connectivity index (χ4n) is 2.72. The number of hydrogen-bond acceptors (Lipinski definition) is 1. The van der Waals surface area contributed by atoms with Crippen LogP contribution in [0.15, 0.2) is 54.6 Å². The Bertz CT molecular complexity index is 669. The zero-order chi connectivity index (χ0) is 17.7. The minimum absolute atomic E-state index is 0.339. The van der Waals surface area contributed by atoms with E-state index in [0.717, 1.165) is 13.0 Å². The number of allylic oxidation sites excluding steroid dienone is 2. The van der Waals surface area contributed by atoms with Gasteiger partial charge < -0.3 is 4.90 Å². The van der Waals surface area contributed by atoms with E-state index in [9.17, 15) is 0 Å². The molecule has 0 fully saturated rings. The van der Waals surface area contributed by atoms with Crippen LogP contribution in [0.5, 0.6) is 0 Å². The van der Waals surface area contributed by atoms with Crippen molar-refractivity contribution in [3.8, 4) is 0 Å². The molecular weight excluding hydrogens is 290 g/mol. The Morgan fingerprint density at radius 2 is 1.42 bits per heavy atom. The summed E-state index contributed by atoms with van der Waals surface area (Å²) in [5, 5.41) is 0. The standard InChI is InChI=1S/C23H31N/c1-7-24(21-12-8-18(2)9-13-21)22-14-10-20(11-15-22)19(3)16-17-23(4,5)6/h8-16H,7,17H2,1-6H3/b19-16-. The van der Waals surface area contributed by atoms with Gasteiger partial charge in [-0.1, -0.05) is 56.7 Å². The normalized spacial score (nSPS) is 12.3. The highest BCUT2D eigenvalue weighted by molar-refractivity contribution is 5.69. The van der Waals surface area contributed by atoms with E-state index in [1.54, 1.807) is 0 Å². The fourth-order valence-corrected chi connectivity index (χ4v) is 2.72. The summed E-state index contributed by atoms with van der Waals surface area (Å²) in [4.78, 5) is 2.34. The zero-order valence-electron chi connectivity index (χ0n) is 16.1. The molecule has 2 aromatic rings. The molecule has 0 N–H and O–H groups in total. The number of benzene rings is 2. The lowest BCUT2D eigenvalue weighted by Crippen LogP contribution is -2.15. The van der Waals surface area contributed by atoms with Crippen LogP contribution in [0.1, 0.15) is 52.2 Å². The number of aryl methyl sites for hydroxylation is 1. The topological polar surface area (TPSA) is 3.24 Å². The first-order valence-corrected chi connectivity index (χ1v) is 8.91. The second-order valence-electron chi connectivity index (χ2n) is 7.78. The van der Waals surface area contributed by atoms with Crippen molar-refractivity contribution < 1.29 is 0 Å². The SMILES string of the molecule is CCN(c1ccc(C)cc1)c1ccc(/C(C)=C\CC(C)(C)C)cc1. The summed E-state index contributed by atoms with van der Waals surface area (Å²) >= 11 is 0. The van der Waals surface area contributed by atoms with Crippen molar-refractivity contribution in [2.75, 3.05) is 11.4 Å². The average molecular weight is 322 g/mol. The van der Waals surface area contributed by atoms with Gasteiger partial charge in [0.1, 0.15) is 0 Å². The highest BCUT2D eigenvalue weighted by atomic mass is 15.1. The number of rotatable bonds is 5. The van der Waals surface area contributed by atoms with Gasteiger partial charge in [-0.15, -0.1) is 0 Å². The first-order valence-electron chi connectivity index (χ1n) is 8.91. The van der Waals surface area contributed by atoms with E-state index in [-0.39, 0.29) is 0 Å². The first kappa shape index (κ1) is 18.3. The monoisotopic (exact) mass is 321 g/mol. The lowest BCUT2D eigenvalue weighted by atomic mass is 9.90. The minimum Gasteiger partial charge on any atom is -0.342 e. The second kappa shape index (κ2) is 7.70. The van der Waals surface area contributed by atoms with Gasteiger partial charge >= 0.3 is 0 Å². The third-order valence-corrected chi connectivity index (χ3v) is 4.32. The molecule has 0 aromatic heterocycles. The molecule has 128 valence electrons. The van der Waals surface area contributed by atoms with Crippen molar-refractivity contribution in [3.63, 3.8) is 0 Å². The molecule has 1 nitrogen and oxygen atoms in total. The summed E-state index contributed by atoms with van der Waals surface area (Å²) in [7, 11) is 0. The molecule has 0 amide bonds. The number of hydrogen-bond donors (Lipinski definition) is 0. The van der Waals surface area contributed by atoms with Crippen LogP contribution in [0, 0.1) is 12.3 Å². The van der Waals surface area contributed by atoms with Gasteiger partial charge in [0.05, 0.1) is 0 Å². The molecule has 0 radical (unpaired) electrons. The van der Waals surface area contributed by atoms with Crippen LogP contribution < -0.4 is 4.90 Å². The van der Waals surface area contributed by atoms with Gasteiger partial charge in [0.25, 0.3) is 0 Å². The largest absolute Gasteiger partial charge is 0.342 e. The van der Waals surface area contributed by atoms with Crippen LogP contribution in [-0.4, -0.2) is 6.54 Å². The molecule has 24 heavy (non-hydrogen) atoms. The van der Waals surface area contributed by atoms with Crippen LogP contribution in [0.3, 0.4) is 0 Å². The molecule has 0 saturated carbocycles. The maximum Gasteiger partial charge on any atom is 0.0411 e. The van der Waals surface area contributed by atoms with Crippen LogP contribution in [-0.2, 0) is 0 Å². The fraction of sp³-hybridized carbons (Fsp3) is 0.391. The van der Waals surface area contributed by atoms with Crippen LogP contribution in [0.25, 0.3) is 5.57 Å². The summed E-state index contributed by atoms with van der Waals surface area (Å²) in [6.07, 6.45) is 3.46. The molecule has 0 aliphatic heterocycles. The second-order valence-corrected chi connectivity index (χ2v) is 7.78. The van der Waals surface area contributed by atoms with E-state index in [1.165, 1.54) is 28.1 Å². The highest BCUT2D eigenvalue weighted by Crippen LogP contribution is 2.28. The molecule has 2 rings (SSSR count). The van der Waals surface area contributed by atoms with Crippen molar-refractivity contribution >= 4 is 16.9 Å². The summed E-state index contributed by atoms with van der Waals surface area (Å²) in [5.41, 5.74) is 6.79. The zero-order valence-corrected chi connectivity index (χ0v) is 16.1. The van der Waals surface area contributed by atoms with Crippen molar-refractivity contribution in [2.45, 2.75) is 48.0 Å². The van der Waals surface area contributed by atoms with Gasteiger partial charge in [-0.3, -0.25) is 0 Å². The van der Waals surface area contributed by atoms with E-state index < -0.39 is 0 Å². The summed E-state index contributed by atoms with van der Waals surface area (Å²) in [5.74, 6) is 0. The molecule has 0 heterocycles. The Kier molecular flexibility index (Phi) is 5.88. The molecule has 0 saturated heterocycles. The molecule has 0 aliphatic carbocycles. The predicted molar refractivity (Wildman–Crippen MR) is 108 cm³/mol. The van der Waals surface area contributed by atoms with E-state index in [0.29, 0.717) is 5.41 Å². The summed E-state index contributed by atoms with van der Waals surface area (Å²) < 4.78 is 0. The average Bonchev–Trinajstić information content (AvgIpc) is 2.55. The van der Waals surface area contributed by atoms with Crippen molar-refractivity contribution in [2.24, 2.45) is 5.41 Å². The Morgan fingerprint density at radius 3 is 1.88 bits per heavy atom. The first-order chi connectivity index (χ1) is 11.3. The third kappa shape index (κ3) is 4.99. The van der Waals surface area contributed by atoms with E-state index in [4.69, 9.17) is 0 Å². The van der Waals surface area contributed by atoms with Gasteiger partial charge in [-0.2, -0.15) is 0 Å². The van der Waals surface area contributed by atoms with Crippen molar-refractivity contribution in [1.29, 1.82) is 0 Å². The van der Waals surface area contributed by atoms with Gasteiger partial charge in [0, 0.05) is 17.9 Å².